The highest BCUT2D eigenvalue weighted by atomic mass is 35.5. The summed E-state index contributed by atoms with van der Waals surface area (Å²) in [4.78, 5) is 11.7. The molecule has 4 heteroatoms. The molecular formula is C14H20ClNO2. The Hall–Kier alpha value is -1.06. The summed E-state index contributed by atoms with van der Waals surface area (Å²) < 4.78 is 5.39. The normalized spacial score (nSPS) is 10.7. The molecule has 0 aliphatic heterocycles. The van der Waals surface area contributed by atoms with Crippen LogP contribution >= 0.6 is 11.6 Å². The lowest BCUT2D eigenvalue weighted by Gasteiger charge is -2.08. The van der Waals surface area contributed by atoms with Crippen molar-refractivity contribution in [3.8, 4) is 0 Å². The van der Waals surface area contributed by atoms with Crippen LogP contribution in [0.15, 0.2) is 24.3 Å². The van der Waals surface area contributed by atoms with Crippen molar-refractivity contribution in [1.82, 2.24) is 5.32 Å². The largest absolute Gasteiger partial charge is 0.379 e. The monoisotopic (exact) mass is 269 g/mol. The van der Waals surface area contributed by atoms with Crippen LogP contribution in [0.25, 0.3) is 0 Å². The Morgan fingerprint density at radius 2 is 2.11 bits per heavy atom. The average molecular weight is 270 g/mol. The van der Waals surface area contributed by atoms with E-state index in [1.807, 2.05) is 32.0 Å². The highest BCUT2D eigenvalue weighted by molar-refractivity contribution is 6.31. The summed E-state index contributed by atoms with van der Waals surface area (Å²) in [7, 11) is 0. The summed E-state index contributed by atoms with van der Waals surface area (Å²) in [6, 6.07) is 7.39. The fourth-order valence-corrected chi connectivity index (χ4v) is 1.70. The molecule has 0 bridgehead atoms. The molecule has 0 fully saturated rings. The Balaban J connectivity index is 2.20. The lowest BCUT2D eigenvalue weighted by molar-refractivity contribution is -0.120. The molecule has 1 N–H and O–H groups in total. The van der Waals surface area contributed by atoms with Crippen molar-refractivity contribution in [1.29, 1.82) is 0 Å². The number of halogens is 1. The van der Waals surface area contributed by atoms with Crippen LogP contribution in [0.4, 0.5) is 0 Å². The van der Waals surface area contributed by atoms with Crippen molar-refractivity contribution in [2.24, 2.45) is 0 Å². The standard InChI is InChI=1S/C14H20ClNO2/c1-11(2)18-9-5-8-16-14(17)10-12-6-3-4-7-13(12)15/h3-4,6-7,11H,5,8-10H2,1-2H3,(H,16,17). The van der Waals surface area contributed by atoms with E-state index in [0.29, 0.717) is 24.6 Å². The Kier molecular flexibility index (Phi) is 6.76. The summed E-state index contributed by atoms with van der Waals surface area (Å²) in [6.07, 6.45) is 1.39. The van der Waals surface area contributed by atoms with Crippen LogP contribution in [0.2, 0.25) is 5.02 Å². The molecule has 0 spiro atoms. The van der Waals surface area contributed by atoms with E-state index in [9.17, 15) is 4.79 Å². The Labute approximate surface area is 113 Å². The van der Waals surface area contributed by atoms with Gasteiger partial charge in [-0.2, -0.15) is 0 Å². The summed E-state index contributed by atoms with van der Waals surface area (Å²) in [5.74, 6) is -0.00681. The van der Waals surface area contributed by atoms with E-state index in [0.717, 1.165) is 12.0 Å². The van der Waals surface area contributed by atoms with Gasteiger partial charge in [0.2, 0.25) is 5.91 Å². The molecule has 100 valence electrons. The maximum Gasteiger partial charge on any atom is 0.224 e. The second-order valence-electron chi connectivity index (χ2n) is 4.39. The summed E-state index contributed by atoms with van der Waals surface area (Å²) in [5.41, 5.74) is 0.857. The van der Waals surface area contributed by atoms with Gasteiger partial charge < -0.3 is 10.1 Å². The Morgan fingerprint density at radius 3 is 2.78 bits per heavy atom. The molecule has 3 nitrogen and oxygen atoms in total. The van der Waals surface area contributed by atoms with Gasteiger partial charge in [-0.05, 0) is 31.9 Å². The van der Waals surface area contributed by atoms with Gasteiger partial charge in [-0.3, -0.25) is 4.79 Å². The fraction of sp³-hybridized carbons (Fsp3) is 0.500. The van der Waals surface area contributed by atoms with E-state index in [2.05, 4.69) is 5.32 Å². The molecule has 0 aliphatic rings. The van der Waals surface area contributed by atoms with Gasteiger partial charge in [0.25, 0.3) is 0 Å². The zero-order valence-corrected chi connectivity index (χ0v) is 11.7. The van der Waals surface area contributed by atoms with Crippen LogP contribution in [-0.2, 0) is 16.0 Å². The van der Waals surface area contributed by atoms with Crippen LogP contribution in [0, 0.1) is 0 Å². The van der Waals surface area contributed by atoms with Gasteiger partial charge in [-0.1, -0.05) is 29.8 Å². The quantitative estimate of drug-likeness (QED) is 0.773. The van der Waals surface area contributed by atoms with Gasteiger partial charge in [-0.25, -0.2) is 0 Å². The first-order valence-corrected chi connectivity index (χ1v) is 6.59. The molecule has 0 radical (unpaired) electrons. The molecule has 1 amide bonds. The van der Waals surface area contributed by atoms with Gasteiger partial charge in [0, 0.05) is 18.2 Å². The van der Waals surface area contributed by atoms with Crippen molar-refractivity contribution < 1.29 is 9.53 Å². The van der Waals surface area contributed by atoms with Crippen molar-refractivity contribution >= 4 is 17.5 Å². The van der Waals surface area contributed by atoms with Crippen molar-refractivity contribution in [3.63, 3.8) is 0 Å². The number of carbonyl (C=O) groups is 1. The van der Waals surface area contributed by atoms with E-state index in [-0.39, 0.29) is 12.0 Å². The highest BCUT2D eigenvalue weighted by Gasteiger charge is 2.05. The predicted octanol–water partition coefficient (Wildman–Crippen LogP) is 2.81. The Morgan fingerprint density at radius 1 is 1.39 bits per heavy atom. The maximum absolute atomic E-state index is 11.7. The minimum atomic E-state index is -0.00681. The van der Waals surface area contributed by atoms with E-state index >= 15 is 0 Å². The third-order valence-corrected chi connectivity index (χ3v) is 2.77. The average Bonchev–Trinajstić information content (AvgIpc) is 2.31. The molecule has 0 aliphatic carbocycles. The topological polar surface area (TPSA) is 38.3 Å². The molecule has 0 aromatic heterocycles. The summed E-state index contributed by atoms with van der Waals surface area (Å²) in [5, 5.41) is 3.49. The van der Waals surface area contributed by atoms with Crippen LogP contribution < -0.4 is 5.32 Å². The summed E-state index contributed by atoms with van der Waals surface area (Å²) >= 11 is 5.99. The molecule has 0 unspecified atom stereocenters. The molecule has 0 saturated carbocycles. The van der Waals surface area contributed by atoms with Gasteiger partial charge in [0.15, 0.2) is 0 Å². The first-order valence-electron chi connectivity index (χ1n) is 6.21. The van der Waals surface area contributed by atoms with E-state index in [4.69, 9.17) is 16.3 Å². The first-order chi connectivity index (χ1) is 8.59. The van der Waals surface area contributed by atoms with E-state index in [1.165, 1.54) is 0 Å². The van der Waals surface area contributed by atoms with Gasteiger partial charge in [0.1, 0.15) is 0 Å². The molecule has 0 heterocycles. The maximum atomic E-state index is 11.7. The van der Waals surface area contributed by atoms with Crippen molar-refractivity contribution in [2.75, 3.05) is 13.2 Å². The Bertz CT molecular complexity index is 380. The number of rotatable bonds is 7. The minimum absolute atomic E-state index is 0.00681. The summed E-state index contributed by atoms with van der Waals surface area (Å²) in [6.45, 7) is 5.30. The zero-order valence-electron chi connectivity index (χ0n) is 10.9. The fourth-order valence-electron chi connectivity index (χ4n) is 1.50. The SMILES string of the molecule is CC(C)OCCCNC(=O)Cc1ccccc1Cl. The van der Waals surface area contributed by atoms with E-state index in [1.54, 1.807) is 6.07 Å². The molecule has 1 aromatic carbocycles. The molecule has 1 rings (SSSR count). The second-order valence-corrected chi connectivity index (χ2v) is 4.80. The van der Waals surface area contributed by atoms with Crippen LogP contribution in [0.5, 0.6) is 0 Å². The number of amides is 1. The number of carbonyl (C=O) groups excluding carboxylic acids is 1. The molecule has 1 aromatic rings. The third-order valence-electron chi connectivity index (χ3n) is 2.40. The predicted molar refractivity (Wildman–Crippen MR) is 73.9 cm³/mol. The van der Waals surface area contributed by atoms with Crippen LogP contribution in [-0.4, -0.2) is 25.2 Å². The lowest BCUT2D eigenvalue weighted by atomic mass is 10.1. The number of hydrogen-bond donors (Lipinski definition) is 1. The molecule has 0 saturated heterocycles. The smallest absolute Gasteiger partial charge is 0.224 e. The molecule has 0 atom stereocenters. The number of nitrogens with one attached hydrogen (secondary N) is 1. The third kappa shape index (κ3) is 6.03. The van der Waals surface area contributed by atoms with Gasteiger partial charge in [-0.15, -0.1) is 0 Å². The lowest BCUT2D eigenvalue weighted by Crippen LogP contribution is -2.27. The van der Waals surface area contributed by atoms with Gasteiger partial charge >= 0.3 is 0 Å². The van der Waals surface area contributed by atoms with E-state index < -0.39 is 0 Å². The van der Waals surface area contributed by atoms with Crippen LogP contribution in [0.3, 0.4) is 0 Å². The van der Waals surface area contributed by atoms with Gasteiger partial charge in [0.05, 0.1) is 12.5 Å². The minimum Gasteiger partial charge on any atom is -0.379 e. The number of benzene rings is 1. The first kappa shape index (κ1) is 15.0. The van der Waals surface area contributed by atoms with Crippen molar-refractivity contribution in [2.45, 2.75) is 32.8 Å². The molecule has 18 heavy (non-hydrogen) atoms. The highest BCUT2D eigenvalue weighted by Crippen LogP contribution is 2.15. The number of ether oxygens (including phenoxy) is 1. The van der Waals surface area contributed by atoms with Crippen molar-refractivity contribution in [3.05, 3.63) is 34.9 Å². The molecular weight excluding hydrogens is 250 g/mol. The zero-order chi connectivity index (χ0) is 13.4. The van der Waals surface area contributed by atoms with Crippen LogP contribution in [0.1, 0.15) is 25.8 Å². The number of hydrogen-bond acceptors (Lipinski definition) is 2. The second kappa shape index (κ2) is 8.11.